The third-order valence-corrected chi connectivity index (χ3v) is 8.09. The molecule has 1 heterocycles. The first-order chi connectivity index (χ1) is 21.1. The fourth-order valence-electron chi connectivity index (χ4n) is 4.47. The standard InChI is InChI=1S/C31H37FN4O8S/c1-5-42-28(37)20-45(40,41)36(19-23(32)16-21-7-6-8-22(15-21)18-33)24-9-10-27(26(17-24)29(34)38)43-25-11-13-35(14-12-25)30(39)44-31(2,3)4/h6-10,15-17,25H,5,11-14,19-20H2,1-4H3,(H2,34,38)/b23-16-. The number of halogens is 1. The molecule has 14 heteroatoms. The maximum atomic E-state index is 15.3. The minimum absolute atomic E-state index is 0.0631. The van der Waals surface area contributed by atoms with Crippen molar-refractivity contribution in [3.05, 3.63) is 65.0 Å². The van der Waals surface area contributed by atoms with Gasteiger partial charge in [0.25, 0.3) is 5.91 Å². The Balaban J connectivity index is 1.89. The second-order valence-corrected chi connectivity index (χ2v) is 13.1. The molecule has 0 aromatic heterocycles. The number of ether oxygens (including phenoxy) is 3. The lowest BCUT2D eigenvalue weighted by Crippen LogP contribution is -2.44. The van der Waals surface area contributed by atoms with E-state index < -0.39 is 51.7 Å². The van der Waals surface area contributed by atoms with E-state index in [-0.39, 0.29) is 35.3 Å². The van der Waals surface area contributed by atoms with E-state index in [0.717, 1.165) is 12.1 Å². The molecule has 2 aromatic rings. The summed E-state index contributed by atoms with van der Waals surface area (Å²) in [5.74, 6) is -3.88. The zero-order chi connectivity index (χ0) is 33.4. The van der Waals surface area contributed by atoms with E-state index in [1.165, 1.54) is 37.3 Å². The number of anilines is 1. The second kappa shape index (κ2) is 14.9. The van der Waals surface area contributed by atoms with E-state index in [0.29, 0.717) is 35.8 Å². The average Bonchev–Trinajstić information content (AvgIpc) is 2.95. The number of primary amides is 1. The lowest BCUT2D eigenvalue weighted by molar-refractivity contribution is -0.139. The average molecular weight is 645 g/mol. The third-order valence-electron chi connectivity index (χ3n) is 6.48. The van der Waals surface area contributed by atoms with Gasteiger partial charge in [-0.2, -0.15) is 5.26 Å². The van der Waals surface area contributed by atoms with Gasteiger partial charge in [-0.15, -0.1) is 0 Å². The zero-order valence-corrected chi connectivity index (χ0v) is 26.4. The van der Waals surface area contributed by atoms with Crippen molar-refractivity contribution in [3.63, 3.8) is 0 Å². The summed E-state index contributed by atoms with van der Waals surface area (Å²) in [5, 5.41) is 9.13. The topological polar surface area (TPSA) is 169 Å². The fraction of sp³-hybridized carbons (Fsp3) is 0.419. The molecule has 45 heavy (non-hydrogen) atoms. The molecule has 1 saturated heterocycles. The van der Waals surface area contributed by atoms with Gasteiger partial charge in [-0.1, -0.05) is 12.1 Å². The Kier molecular flexibility index (Phi) is 11.5. The first kappa shape index (κ1) is 34.8. The van der Waals surface area contributed by atoms with Gasteiger partial charge < -0.3 is 24.8 Å². The van der Waals surface area contributed by atoms with Crippen molar-refractivity contribution in [3.8, 4) is 11.8 Å². The molecule has 0 radical (unpaired) electrons. The predicted octanol–water partition coefficient (Wildman–Crippen LogP) is 4.15. The van der Waals surface area contributed by atoms with E-state index in [9.17, 15) is 22.8 Å². The summed E-state index contributed by atoms with van der Waals surface area (Å²) in [4.78, 5) is 38.6. The van der Waals surface area contributed by atoms with Gasteiger partial charge >= 0.3 is 12.1 Å². The highest BCUT2D eigenvalue weighted by atomic mass is 32.2. The van der Waals surface area contributed by atoms with E-state index >= 15 is 4.39 Å². The molecule has 2 aromatic carbocycles. The molecule has 0 aliphatic carbocycles. The van der Waals surface area contributed by atoms with Crippen molar-refractivity contribution in [1.29, 1.82) is 5.26 Å². The predicted molar refractivity (Wildman–Crippen MR) is 164 cm³/mol. The van der Waals surface area contributed by atoms with Gasteiger partial charge in [0, 0.05) is 25.9 Å². The van der Waals surface area contributed by atoms with Gasteiger partial charge in [-0.05, 0) is 69.7 Å². The monoisotopic (exact) mass is 644 g/mol. The highest BCUT2D eigenvalue weighted by Crippen LogP contribution is 2.30. The molecule has 0 bridgehead atoms. The number of carbonyl (C=O) groups is 3. The fourth-order valence-corrected chi connectivity index (χ4v) is 5.76. The Bertz CT molecular complexity index is 1590. The zero-order valence-electron chi connectivity index (χ0n) is 25.6. The maximum Gasteiger partial charge on any atom is 0.410 e. The van der Waals surface area contributed by atoms with Gasteiger partial charge in [0.2, 0.25) is 10.0 Å². The number of rotatable bonds is 11. The van der Waals surface area contributed by atoms with Crippen LogP contribution in [0.25, 0.3) is 6.08 Å². The molecule has 2 N–H and O–H groups in total. The summed E-state index contributed by atoms with van der Waals surface area (Å²) >= 11 is 0. The van der Waals surface area contributed by atoms with Crippen molar-refractivity contribution in [2.75, 3.05) is 36.3 Å². The van der Waals surface area contributed by atoms with Crippen molar-refractivity contribution in [2.45, 2.75) is 52.2 Å². The molecule has 2 amide bonds. The third kappa shape index (κ3) is 10.2. The number of likely N-dealkylation sites (tertiary alicyclic amines) is 1. The summed E-state index contributed by atoms with van der Waals surface area (Å²) in [6.45, 7) is 6.65. The van der Waals surface area contributed by atoms with Gasteiger partial charge in [-0.25, -0.2) is 17.6 Å². The summed E-state index contributed by atoms with van der Waals surface area (Å²) in [6.07, 6.45) is 1.10. The van der Waals surface area contributed by atoms with Crippen LogP contribution in [-0.4, -0.2) is 75.0 Å². The highest BCUT2D eigenvalue weighted by molar-refractivity contribution is 7.93. The van der Waals surface area contributed by atoms with E-state index in [1.54, 1.807) is 31.7 Å². The van der Waals surface area contributed by atoms with Crippen molar-refractivity contribution in [2.24, 2.45) is 5.73 Å². The van der Waals surface area contributed by atoms with Crippen LogP contribution in [0.2, 0.25) is 0 Å². The molecule has 0 spiro atoms. The van der Waals surface area contributed by atoms with Gasteiger partial charge in [-0.3, -0.25) is 13.9 Å². The quantitative estimate of drug-likeness (QED) is 0.353. The first-order valence-electron chi connectivity index (χ1n) is 14.2. The van der Waals surface area contributed by atoms with Crippen LogP contribution < -0.4 is 14.8 Å². The Hall–Kier alpha value is -4.64. The number of esters is 1. The lowest BCUT2D eigenvalue weighted by atomic mass is 10.1. The summed E-state index contributed by atoms with van der Waals surface area (Å²) in [6, 6.07) is 11.8. The number of nitrogens with zero attached hydrogens (tertiary/aromatic N) is 3. The second-order valence-electron chi connectivity index (χ2n) is 11.2. The summed E-state index contributed by atoms with van der Waals surface area (Å²) < 4.78 is 58.9. The molecular formula is C31H37FN4O8S. The molecule has 0 atom stereocenters. The Morgan fingerprint density at radius 1 is 1.16 bits per heavy atom. The smallest absolute Gasteiger partial charge is 0.410 e. The SMILES string of the molecule is CCOC(=O)CS(=O)(=O)N(C/C(F)=C/c1cccc(C#N)c1)c1ccc(OC2CCN(C(=O)OC(C)(C)C)CC2)c(C(N)=O)c1. The number of hydrogen-bond acceptors (Lipinski definition) is 9. The Labute approximate surface area is 262 Å². The largest absolute Gasteiger partial charge is 0.489 e. The normalized spacial score (nSPS) is 14.3. The molecule has 242 valence electrons. The van der Waals surface area contributed by atoms with E-state index in [4.69, 9.17) is 25.2 Å². The van der Waals surface area contributed by atoms with Crippen LogP contribution in [0.3, 0.4) is 0 Å². The van der Waals surface area contributed by atoms with Crippen LogP contribution in [0.15, 0.2) is 48.3 Å². The Morgan fingerprint density at radius 2 is 1.84 bits per heavy atom. The highest BCUT2D eigenvalue weighted by Gasteiger charge is 2.31. The number of nitriles is 1. The maximum absolute atomic E-state index is 15.3. The minimum Gasteiger partial charge on any atom is -0.489 e. The van der Waals surface area contributed by atoms with Crippen LogP contribution in [0.1, 0.15) is 62.0 Å². The van der Waals surface area contributed by atoms with Crippen LogP contribution in [0, 0.1) is 11.3 Å². The Morgan fingerprint density at radius 3 is 2.44 bits per heavy atom. The van der Waals surface area contributed by atoms with Gasteiger partial charge in [0.15, 0.2) is 5.75 Å². The lowest BCUT2D eigenvalue weighted by Gasteiger charge is -2.33. The molecule has 1 fully saturated rings. The number of hydrogen-bond donors (Lipinski definition) is 1. The number of carbonyl (C=O) groups excluding carboxylic acids is 3. The number of sulfonamides is 1. The molecule has 0 saturated carbocycles. The minimum atomic E-state index is -4.52. The van der Waals surface area contributed by atoms with Crippen LogP contribution in [0.4, 0.5) is 14.9 Å². The van der Waals surface area contributed by atoms with E-state index in [1.807, 2.05) is 6.07 Å². The van der Waals surface area contributed by atoms with E-state index in [2.05, 4.69) is 0 Å². The van der Waals surface area contributed by atoms with Crippen LogP contribution >= 0.6 is 0 Å². The van der Waals surface area contributed by atoms with Gasteiger partial charge in [0.1, 0.15) is 23.3 Å². The van der Waals surface area contributed by atoms with Crippen molar-refractivity contribution >= 4 is 39.8 Å². The molecule has 12 nitrogen and oxygen atoms in total. The molecular weight excluding hydrogens is 607 g/mol. The number of nitrogens with two attached hydrogens (primary N) is 1. The van der Waals surface area contributed by atoms with Crippen LogP contribution in [-0.2, 0) is 24.3 Å². The number of amides is 2. The molecule has 1 aliphatic rings. The van der Waals surface area contributed by atoms with Gasteiger partial charge in [0.05, 0.1) is 36.0 Å². The molecule has 3 rings (SSSR count). The number of benzene rings is 2. The first-order valence-corrected chi connectivity index (χ1v) is 15.8. The number of piperidine rings is 1. The van der Waals surface area contributed by atoms with Crippen molar-refractivity contribution < 1.29 is 41.4 Å². The molecule has 1 aliphatic heterocycles. The van der Waals surface area contributed by atoms with Crippen molar-refractivity contribution in [1.82, 2.24) is 4.90 Å². The van der Waals surface area contributed by atoms with Crippen LogP contribution in [0.5, 0.6) is 5.75 Å². The summed E-state index contributed by atoms with van der Waals surface area (Å²) in [7, 11) is -4.52. The molecule has 0 unspecified atom stereocenters. The summed E-state index contributed by atoms with van der Waals surface area (Å²) in [5.41, 5.74) is 5.27.